The van der Waals surface area contributed by atoms with Gasteiger partial charge in [-0.1, -0.05) is 0 Å². The number of hydrogen-bond donors (Lipinski definition) is 1. The van der Waals surface area contributed by atoms with Crippen LogP contribution in [0.25, 0.3) is 0 Å². The van der Waals surface area contributed by atoms with Gasteiger partial charge in [0.1, 0.15) is 11.6 Å². The van der Waals surface area contributed by atoms with Crippen LogP contribution in [0.1, 0.15) is 21.5 Å². The summed E-state index contributed by atoms with van der Waals surface area (Å²) in [4.78, 5) is 35.9. The molecule has 0 saturated carbocycles. The number of carbonyl (C=O) groups excluding carboxylic acids is 1. The molecule has 0 atom stereocenters. The van der Waals surface area contributed by atoms with Crippen LogP contribution in [0.2, 0.25) is 0 Å². The van der Waals surface area contributed by atoms with Gasteiger partial charge in [0.2, 0.25) is 0 Å². The van der Waals surface area contributed by atoms with Gasteiger partial charge in [-0.05, 0) is 37.1 Å². The van der Waals surface area contributed by atoms with Crippen LogP contribution < -0.4 is 9.64 Å². The third-order valence-electron chi connectivity index (χ3n) is 4.49. The summed E-state index contributed by atoms with van der Waals surface area (Å²) in [6.07, 6.45) is 5.02. The fraction of sp³-hybridized carbons (Fsp3) is 0.368. The highest BCUT2D eigenvalue weighted by molar-refractivity contribution is 5.95. The zero-order chi connectivity index (χ0) is 19.4. The van der Waals surface area contributed by atoms with Crippen molar-refractivity contribution in [3.05, 3.63) is 47.4 Å². The van der Waals surface area contributed by atoms with Crippen molar-refractivity contribution in [1.82, 2.24) is 14.9 Å². The Morgan fingerprint density at radius 2 is 1.78 bits per heavy atom. The molecule has 8 heteroatoms. The molecule has 0 aliphatic carbocycles. The highest BCUT2D eigenvalue weighted by atomic mass is 16.5. The minimum Gasteiger partial charge on any atom is -0.481 e. The van der Waals surface area contributed by atoms with Gasteiger partial charge in [-0.25, -0.2) is 9.78 Å². The van der Waals surface area contributed by atoms with Crippen LogP contribution in [0.15, 0.2) is 30.7 Å². The van der Waals surface area contributed by atoms with Crippen molar-refractivity contribution in [2.75, 3.05) is 37.7 Å². The molecule has 1 saturated heterocycles. The molecular formula is C19H22N4O4. The van der Waals surface area contributed by atoms with Crippen LogP contribution in [-0.2, 0) is 4.79 Å². The number of carbonyl (C=O) groups is 2. The molecule has 1 aliphatic heterocycles. The summed E-state index contributed by atoms with van der Waals surface area (Å²) in [7, 11) is 0. The third-order valence-corrected chi connectivity index (χ3v) is 4.49. The topological polar surface area (TPSA) is 95.9 Å². The normalized spacial score (nSPS) is 14.1. The van der Waals surface area contributed by atoms with Crippen molar-refractivity contribution < 1.29 is 19.4 Å². The number of anilines is 1. The Morgan fingerprint density at radius 3 is 2.33 bits per heavy atom. The number of amides is 1. The van der Waals surface area contributed by atoms with E-state index in [1.807, 2.05) is 18.7 Å². The van der Waals surface area contributed by atoms with Crippen LogP contribution in [-0.4, -0.2) is 64.6 Å². The molecule has 27 heavy (non-hydrogen) atoms. The minimum atomic E-state index is -1.03. The first-order valence-corrected chi connectivity index (χ1v) is 8.72. The molecule has 0 radical (unpaired) electrons. The smallest absolute Gasteiger partial charge is 0.341 e. The first kappa shape index (κ1) is 18.6. The summed E-state index contributed by atoms with van der Waals surface area (Å²) >= 11 is 0. The number of piperazine rings is 1. The predicted octanol–water partition coefficient (Wildman–Crippen LogP) is 1.52. The SMILES string of the molecule is Cc1cc(C(=O)N2CCN(c3cnccn3)CC2)cc(C)c1OCC(=O)O. The molecule has 2 heterocycles. The van der Waals surface area contributed by atoms with Gasteiger partial charge in [0.15, 0.2) is 6.61 Å². The Bertz CT molecular complexity index is 810. The number of rotatable bonds is 5. The number of carboxylic acid groups (broad SMARTS) is 1. The molecule has 1 amide bonds. The average molecular weight is 370 g/mol. The Labute approximate surface area is 157 Å². The lowest BCUT2D eigenvalue weighted by Gasteiger charge is -2.35. The van der Waals surface area contributed by atoms with Crippen molar-refractivity contribution in [2.24, 2.45) is 0 Å². The molecule has 142 valence electrons. The second-order valence-corrected chi connectivity index (χ2v) is 6.46. The summed E-state index contributed by atoms with van der Waals surface area (Å²) in [5.41, 5.74) is 2.08. The highest BCUT2D eigenvalue weighted by Crippen LogP contribution is 2.26. The van der Waals surface area contributed by atoms with E-state index in [0.29, 0.717) is 37.5 Å². The maximum atomic E-state index is 12.9. The van der Waals surface area contributed by atoms with Gasteiger partial charge in [-0.3, -0.25) is 9.78 Å². The quantitative estimate of drug-likeness (QED) is 0.852. The van der Waals surface area contributed by atoms with Crippen LogP contribution in [0.5, 0.6) is 5.75 Å². The molecule has 8 nitrogen and oxygen atoms in total. The van der Waals surface area contributed by atoms with Crippen molar-refractivity contribution in [1.29, 1.82) is 0 Å². The summed E-state index contributed by atoms with van der Waals surface area (Å²) in [5, 5.41) is 8.78. The first-order chi connectivity index (χ1) is 13.0. The van der Waals surface area contributed by atoms with Crippen molar-refractivity contribution in [3.8, 4) is 5.75 Å². The van der Waals surface area contributed by atoms with E-state index < -0.39 is 12.6 Å². The highest BCUT2D eigenvalue weighted by Gasteiger charge is 2.24. The molecule has 0 spiro atoms. The Balaban J connectivity index is 1.67. The second kappa shape index (κ2) is 8.03. The van der Waals surface area contributed by atoms with Gasteiger partial charge in [-0.15, -0.1) is 0 Å². The monoisotopic (exact) mass is 370 g/mol. The van der Waals surface area contributed by atoms with Crippen LogP contribution >= 0.6 is 0 Å². The molecule has 0 unspecified atom stereocenters. The van der Waals surface area contributed by atoms with E-state index in [1.54, 1.807) is 30.7 Å². The van der Waals surface area contributed by atoms with Gasteiger partial charge in [0.25, 0.3) is 5.91 Å². The number of ether oxygens (including phenoxy) is 1. The predicted molar refractivity (Wildman–Crippen MR) is 99.2 cm³/mol. The minimum absolute atomic E-state index is 0.0372. The standard InChI is InChI=1S/C19H22N4O4/c1-13-9-15(10-14(2)18(13)27-12-17(24)25)19(26)23-7-5-22(6-8-23)16-11-20-3-4-21-16/h3-4,9-11H,5-8,12H2,1-2H3,(H,24,25). The molecule has 1 aromatic heterocycles. The Kier molecular flexibility index (Phi) is 5.54. The summed E-state index contributed by atoms with van der Waals surface area (Å²) in [5.74, 6) is 0.261. The molecule has 1 fully saturated rings. The Hall–Kier alpha value is -3.16. The maximum absolute atomic E-state index is 12.9. The lowest BCUT2D eigenvalue weighted by molar-refractivity contribution is -0.139. The van der Waals surface area contributed by atoms with Gasteiger partial charge in [0.05, 0.1) is 6.20 Å². The van der Waals surface area contributed by atoms with Crippen molar-refractivity contribution >= 4 is 17.7 Å². The Morgan fingerprint density at radius 1 is 1.11 bits per heavy atom. The lowest BCUT2D eigenvalue weighted by atomic mass is 10.0. The number of hydrogen-bond acceptors (Lipinski definition) is 6. The van der Waals surface area contributed by atoms with Crippen molar-refractivity contribution in [2.45, 2.75) is 13.8 Å². The maximum Gasteiger partial charge on any atom is 0.341 e. The summed E-state index contributed by atoms with van der Waals surface area (Å²) < 4.78 is 5.33. The van der Waals surface area contributed by atoms with Crippen LogP contribution in [0, 0.1) is 13.8 Å². The number of carboxylic acids is 1. The zero-order valence-corrected chi connectivity index (χ0v) is 15.4. The van der Waals surface area contributed by atoms with Crippen LogP contribution in [0.4, 0.5) is 5.82 Å². The van der Waals surface area contributed by atoms with E-state index in [2.05, 4.69) is 14.9 Å². The summed E-state index contributed by atoms with van der Waals surface area (Å²) in [6, 6.07) is 3.50. The number of aromatic nitrogens is 2. The third kappa shape index (κ3) is 4.33. The number of benzene rings is 1. The van der Waals surface area contributed by atoms with E-state index >= 15 is 0 Å². The molecule has 1 N–H and O–H groups in total. The average Bonchev–Trinajstić information content (AvgIpc) is 2.67. The largest absolute Gasteiger partial charge is 0.481 e. The summed E-state index contributed by atoms with van der Waals surface area (Å²) in [6.45, 7) is 5.82. The van der Waals surface area contributed by atoms with E-state index in [-0.39, 0.29) is 5.91 Å². The van der Waals surface area contributed by atoms with E-state index in [0.717, 1.165) is 16.9 Å². The van der Waals surface area contributed by atoms with Crippen LogP contribution in [0.3, 0.4) is 0 Å². The molecule has 3 rings (SSSR count). The number of aliphatic carboxylic acids is 1. The van der Waals surface area contributed by atoms with Gasteiger partial charge in [0, 0.05) is 44.1 Å². The van der Waals surface area contributed by atoms with E-state index in [1.165, 1.54) is 0 Å². The van der Waals surface area contributed by atoms with Gasteiger partial charge < -0.3 is 19.6 Å². The van der Waals surface area contributed by atoms with Gasteiger partial charge in [-0.2, -0.15) is 0 Å². The molecule has 2 aromatic rings. The molecular weight excluding hydrogens is 348 g/mol. The molecule has 1 aliphatic rings. The zero-order valence-electron chi connectivity index (χ0n) is 15.4. The number of aryl methyl sites for hydroxylation is 2. The first-order valence-electron chi connectivity index (χ1n) is 8.72. The fourth-order valence-corrected chi connectivity index (χ4v) is 3.21. The van der Waals surface area contributed by atoms with E-state index in [9.17, 15) is 9.59 Å². The van der Waals surface area contributed by atoms with E-state index in [4.69, 9.17) is 9.84 Å². The fourth-order valence-electron chi connectivity index (χ4n) is 3.21. The lowest BCUT2D eigenvalue weighted by Crippen LogP contribution is -2.49. The second-order valence-electron chi connectivity index (χ2n) is 6.46. The molecule has 1 aromatic carbocycles. The molecule has 0 bridgehead atoms. The van der Waals surface area contributed by atoms with Gasteiger partial charge >= 0.3 is 5.97 Å². The number of nitrogens with zero attached hydrogens (tertiary/aromatic N) is 4. The van der Waals surface area contributed by atoms with Crippen molar-refractivity contribution in [3.63, 3.8) is 0 Å².